The zero-order valence-corrected chi connectivity index (χ0v) is 12.2. The minimum Gasteiger partial charge on any atom is -0.266 e. The van der Waals surface area contributed by atoms with Gasteiger partial charge in [-0.2, -0.15) is 8.42 Å². The third-order valence-corrected chi connectivity index (χ3v) is 2.95. The van der Waals surface area contributed by atoms with E-state index in [-0.39, 0.29) is 5.57 Å². The van der Waals surface area contributed by atoms with Crippen LogP contribution in [0.1, 0.15) is 34.5 Å². The predicted molar refractivity (Wildman–Crippen MR) is 78.5 cm³/mol. The number of unbranched alkanes of at least 4 members (excludes halogenated alkanes) is 2. The predicted octanol–water partition coefficient (Wildman–Crippen LogP) is 3.32. The fourth-order valence-corrected chi connectivity index (χ4v) is 1.90. The van der Waals surface area contributed by atoms with Crippen molar-refractivity contribution in [3.05, 3.63) is 47.5 Å². The Labute approximate surface area is 119 Å². The van der Waals surface area contributed by atoms with Crippen LogP contribution in [0.4, 0.5) is 0 Å². The van der Waals surface area contributed by atoms with Gasteiger partial charge >= 0.3 is 0 Å². The van der Waals surface area contributed by atoms with Crippen LogP contribution in [0.25, 0.3) is 0 Å². The van der Waals surface area contributed by atoms with E-state index in [4.69, 9.17) is 2.74 Å². The van der Waals surface area contributed by atoms with E-state index in [9.17, 15) is 8.42 Å². The van der Waals surface area contributed by atoms with Crippen molar-refractivity contribution in [3.8, 4) is 0 Å². The molecule has 0 spiro atoms. The Morgan fingerprint density at radius 3 is 2.63 bits per heavy atom. The first kappa shape index (κ1) is 12.9. The van der Waals surface area contributed by atoms with Crippen LogP contribution in [0.5, 0.6) is 0 Å². The number of hydrogen-bond acceptors (Lipinski definition) is 3. The first-order valence-electron chi connectivity index (χ1n) is 7.32. The van der Waals surface area contributed by atoms with Gasteiger partial charge in [0.05, 0.1) is 15.6 Å². The van der Waals surface area contributed by atoms with Gasteiger partial charge in [-0.25, -0.2) is 0 Å². The van der Waals surface area contributed by atoms with E-state index in [2.05, 4.69) is 16.3 Å². The van der Waals surface area contributed by atoms with E-state index in [0.717, 1.165) is 25.5 Å². The molecule has 4 heteroatoms. The molecule has 0 radical (unpaired) electrons. The van der Waals surface area contributed by atoms with E-state index < -0.39 is 16.7 Å². The number of rotatable bonds is 8. The molecule has 0 atom stereocenters. The zero-order chi connectivity index (χ0) is 15.9. The van der Waals surface area contributed by atoms with Crippen LogP contribution in [0.15, 0.2) is 42.0 Å². The van der Waals surface area contributed by atoms with Crippen LogP contribution < -0.4 is 0 Å². The van der Waals surface area contributed by atoms with Gasteiger partial charge in [0.25, 0.3) is 10.1 Å². The zero-order valence-electron chi connectivity index (χ0n) is 13.4. The largest absolute Gasteiger partial charge is 0.266 e. The smallest absolute Gasteiger partial charge is 0.264 e. The Hall–Kier alpha value is -1.13. The molecule has 0 aliphatic carbocycles. The lowest BCUT2D eigenvalue weighted by Crippen LogP contribution is -2.04. The number of aryl methyl sites for hydroxylation is 1. The average Bonchev–Trinajstić information content (AvgIpc) is 2.36. The van der Waals surface area contributed by atoms with Crippen molar-refractivity contribution in [3.63, 3.8) is 0 Å². The average molecular weight is 284 g/mol. The molecule has 0 saturated carbocycles. The van der Waals surface area contributed by atoms with Crippen LogP contribution in [-0.4, -0.2) is 21.2 Å². The van der Waals surface area contributed by atoms with Gasteiger partial charge in [0.1, 0.15) is 0 Å². The molecule has 0 bridgehead atoms. The highest BCUT2D eigenvalue weighted by Crippen LogP contribution is 2.08. The number of hydrogen-bond donors (Lipinski definition) is 0. The summed E-state index contributed by atoms with van der Waals surface area (Å²) in [6.45, 7) is -0.727. The van der Waals surface area contributed by atoms with Crippen molar-refractivity contribution >= 4 is 10.1 Å². The van der Waals surface area contributed by atoms with Crippen molar-refractivity contribution in [1.29, 1.82) is 0 Å². The second-order valence-corrected chi connectivity index (χ2v) is 6.08. The third-order valence-electron chi connectivity index (χ3n) is 2.57. The van der Waals surface area contributed by atoms with Crippen LogP contribution in [0.3, 0.4) is 0 Å². The van der Waals surface area contributed by atoms with E-state index in [0.29, 0.717) is 6.42 Å². The molecule has 1 aromatic carbocycles. The summed E-state index contributed by atoms with van der Waals surface area (Å²) >= 11 is 0. The summed E-state index contributed by atoms with van der Waals surface area (Å²) < 4.78 is 41.6. The van der Waals surface area contributed by atoms with Gasteiger partial charge in [-0.05, 0) is 38.2 Å². The van der Waals surface area contributed by atoms with Crippen molar-refractivity contribution in [2.75, 3.05) is 12.8 Å². The molecule has 0 saturated heterocycles. The Bertz CT molecular complexity index is 566. The molecule has 0 unspecified atom stereocenters. The SMILES string of the molecule is [2H]C([2H])(OS(C)(=O)=O)/C(C)=C/CCCCc1ccccc1. The van der Waals surface area contributed by atoms with E-state index in [1.165, 1.54) is 5.56 Å². The standard InChI is InChI=1S/C15H22O3S/c1-14(13-18-19(2,16)17)9-5-3-6-10-15-11-7-4-8-12-15/h4,7-9,11-12H,3,5-6,10,13H2,1-2H3/b14-9+/i13D2. The number of allylic oxidation sites excluding steroid dienone is 1. The summed E-state index contributed by atoms with van der Waals surface area (Å²) in [6.07, 6.45) is 6.16. The molecule has 3 nitrogen and oxygen atoms in total. The van der Waals surface area contributed by atoms with Gasteiger partial charge in [0, 0.05) is 0 Å². The lowest BCUT2D eigenvalue weighted by atomic mass is 10.1. The molecule has 0 amide bonds. The van der Waals surface area contributed by atoms with Gasteiger partial charge in [-0.3, -0.25) is 4.18 Å². The number of benzene rings is 1. The molecule has 0 fully saturated rings. The summed E-state index contributed by atoms with van der Waals surface area (Å²) in [5.41, 5.74) is 1.57. The summed E-state index contributed by atoms with van der Waals surface area (Å²) in [6, 6.07) is 10.2. The second-order valence-electron chi connectivity index (χ2n) is 4.51. The second kappa shape index (κ2) is 8.12. The molecule has 0 aromatic heterocycles. The van der Waals surface area contributed by atoms with Gasteiger partial charge in [-0.1, -0.05) is 42.0 Å². The molecule has 0 heterocycles. The highest BCUT2D eigenvalue weighted by atomic mass is 32.2. The molecular formula is C15H22O3S. The Balaban J connectivity index is 2.38. The van der Waals surface area contributed by atoms with E-state index >= 15 is 0 Å². The highest BCUT2D eigenvalue weighted by Gasteiger charge is 2.01. The molecule has 1 rings (SSSR count). The first-order valence-corrected chi connectivity index (χ1v) is 8.14. The maximum Gasteiger partial charge on any atom is 0.264 e. The third kappa shape index (κ3) is 8.56. The molecule has 0 aliphatic rings. The highest BCUT2D eigenvalue weighted by molar-refractivity contribution is 7.85. The minimum absolute atomic E-state index is 0.285. The Kier molecular flexibility index (Phi) is 5.51. The molecule has 0 N–H and O–H groups in total. The van der Waals surface area contributed by atoms with Crippen LogP contribution >= 0.6 is 0 Å². The van der Waals surface area contributed by atoms with Gasteiger partial charge in [-0.15, -0.1) is 0 Å². The fraction of sp³-hybridized carbons (Fsp3) is 0.467. The first-order chi connectivity index (χ1) is 9.71. The van der Waals surface area contributed by atoms with Crippen LogP contribution in [0.2, 0.25) is 0 Å². The van der Waals surface area contributed by atoms with Crippen molar-refractivity contribution in [1.82, 2.24) is 0 Å². The Morgan fingerprint density at radius 2 is 2.00 bits per heavy atom. The van der Waals surface area contributed by atoms with Crippen molar-refractivity contribution in [2.24, 2.45) is 0 Å². The lowest BCUT2D eigenvalue weighted by molar-refractivity contribution is 0.352. The molecule has 19 heavy (non-hydrogen) atoms. The summed E-state index contributed by atoms with van der Waals surface area (Å²) in [7, 11) is -3.81. The maximum atomic E-state index is 11.0. The van der Waals surface area contributed by atoms with Gasteiger partial charge in [0.15, 0.2) is 0 Å². The quantitative estimate of drug-likeness (QED) is 0.418. The van der Waals surface area contributed by atoms with Gasteiger partial charge < -0.3 is 0 Å². The monoisotopic (exact) mass is 284 g/mol. The molecular weight excluding hydrogens is 260 g/mol. The summed E-state index contributed by atoms with van der Waals surface area (Å²) in [5.74, 6) is 0. The van der Waals surface area contributed by atoms with Crippen molar-refractivity contribution < 1.29 is 15.3 Å². The molecule has 0 aliphatic heterocycles. The molecule has 106 valence electrons. The fourth-order valence-electron chi connectivity index (χ4n) is 1.62. The van der Waals surface area contributed by atoms with Crippen LogP contribution in [-0.2, 0) is 20.7 Å². The topological polar surface area (TPSA) is 43.4 Å². The summed E-state index contributed by atoms with van der Waals surface area (Å²) in [4.78, 5) is 0. The van der Waals surface area contributed by atoms with Crippen molar-refractivity contribution in [2.45, 2.75) is 32.6 Å². The maximum absolute atomic E-state index is 11.0. The summed E-state index contributed by atoms with van der Waals surface area (Å²) in [5, 5.41) is 0. The van der Waals surface area contributed by atoms with Gasteiger partial charge in [0.2, 0.25) is 0 Å². The molecule has 1 aromatic rings. The van der Waals surface area contributed by atoms with Crippen LogP contribution in [0, 0.1) is 0 Å². The van der Waals surface area contributed by atoms with E-state index in [1.807, 2.05) is 18.2 Å². The normalized spacial score (nSPS) is 14.9. The van der Waals surface area contributed by atoms with E-state index in [1.54, 1.807) is 13.0 Å². The Morgan fingerprint density at radius 1 is 1.32 bits per heavy atom. The minimum atomic E-state index is -3.81. The lowest BCUT2D eigenvalue weighted by Gasteiger charge is -2.02.